The van der Waals surface area contributed by atoms with Gasteiger partial charge < -0.3 is 10.1 Å². The number of rotatable bonds is 5. The quantitative estimate of drug-likeness (QED) is 0.862. The summed E-state index contributed by atoms with van der Waals surface area (Å²) in [5, 5.41) is 3.59. The van der Waals surface area contributed by atoms with Crippen LogP contribution in [0, 0.1) is 12.8 Å². The molecular weight excluding hydrogens is 222 g/mol. The summed E-state index contributed by atoms with van der Waals surface area (Å²) in [4.78, 5) is 0. The molecule has 18 heavy (non-hydrogen) atoms. The Hall–Kier alpha value is -1.02. The van der Waals surface area contributed by atoms with Crippen molar-refractivity contribution in [3.63, 3.8) is 0 Å². The Kier molecular flexibility index (Phi) is 3.67. The largest absolute Gasteiger partial charge is 0.496 e. The number of benzene rings is 1. The van der Waals surface area contributed by atoms with Crippen molar-refractivity contribution in [1.29, 1.82) is 0 Å². The lowest BCUT2D eigenvalue weighted by Crippen LogP contribution is -2.33. The standard InChI is InChI=1S/C16H25NO/c1-11(2)17-10-16(9-13(16)4)14-8-12(3)6-7-15(14)18-5/h6-8,11,13,17H,9-10H2,1-5H3. The van der Waals surface area contributed by atoms with E-state index in [4.69, 9.17) is 4.74 Å². The third-order valence-electron chi connectivity index (χ3n) is 4.17. The van der Waals surface area contributed by atoms with Gasteiger partial charge in [0.1, 0.15) is 5.75 Å². The Bertz CT molecular complexity index is 427. The SMILES string of the molecule is COc1ccc(C)cc1C1(CNC(C)C)CC1C. The van der Waals surface area contributed by atoms with Crippen LogP contribution in [-0.2, 0) is 5.41 Å². The minimum atomic E-state index is 0.279. The van der Waals surface area contributed by atoms with E-state index in [1.54, 1.807) is 7.11 Å². The molecule has 2 unspecified atom stereocenters. The first-order chi connectivity index (χ1) is 8.49. The predicted molar refractivity (Wildman–Crippen MR) is 76.3 cm³/mol. The molecule has 1 fully saturated rings. The first-order valence-electron chi connectivity index (χ1n) is 6.88. The number of hydrogen-bond donors (Lipinski definition) is 1. The smallest absolute Gasteiger partial charge is 0.122 e. The molecule has 2 atom stereocenters. The Morgan fingerprint density at radius 3 is 2.61 bits per heavy atom. The van der Waals surface area contributed by atoms with E-state index in [1.165, 1.54) is 17.5 Å². The third-order valence-corrected chi connectivity index (χ3v) is 4.17. The minimum Gasteiger partial charge on any atom is -0.496 e. The maximum Gasteiger partial charge on any atom is 0.122 e. The highest BCUT2D eigenvalue weighted by molar-refractivity contribution is 5.47. The summed E-state index contributed by atoms with van der Waals surface area (Å²) in [7, 11) is 1.77. The van der Waals surface area contributed by atoms with Gasteiger partial charge in [-0.25, -0.2) is 0 Å². The molecule has 1 saturated carbocycles. The Morgan fingerprint density at radius 1 is 1.44 bits per heavy atom. The van der Waals surface area contributed by atoms with Crippen LogP contribution < -0.4 is 10.1 Å². The van der Waals surface area contributed by atoms with Crippen molar-refractivity contribution >= 4 is 0 Å². The maximum atomic E-state index is 5.55. The van der Waals surface area contributed by atoms with Crippen LogP contribution in [0.15, 0.2) is 18.2 Å². The lowest BCUT2D eigenvalue weighted by molar-refractivity contribution is 0.396. The molecule has 1 aliphatic rings. The van der Waals surface area contributed by atoms with Gasteiger partial charge in [0.2, 0.25) is 0 Å². The summed E-state index contributed by atoms with van der Waals surface area (Å²) in [5.41, 5.74) is 2.97. The van der Waals surface area contributed by atoms with E-state index in [0.29, 0.717) is 6.04 Å². The third kappa shape index (κ3) is 2.39. The second kappa shape index (κ2) is 4.93. The average Bonchev–Trinajstić information content (AvgIpc) is 2.99. The second-order valence-electron chi connectivity index (χ2n) is 6.00. The van der Waals surface area contributed by atoms with Gasteiger partial charge in [-0.15, -0.1) is 0 Å². The molecule has 100 valence electrons. The zero-order valence-corrected chi connectivity index (χ0v) is 12.2. The van der Waals surface area contributed by atoms with E-state index in [2.05, 4.69) is 51.2 Å². The molecule has 2 nitrogen and oxygen atoms in total. The molecule has 0 bridgehead atoms. The molecule has 1 aromatic carbocycles. The monoisotopic (exact) mass is 247 g/mol. The van der Waals surface area contributed by atoms with Gasteiger partial charge in [-0.05, 0) is 25.3 Å². The molecule has 1 N–H and O–H groups in total. The fourth-order valence-electron chi connectivity index (χ4n) is 2.80. The van der Waals surface area contributed by atoms with Crippen LogP contribution in [0.25, 0.3) is 0 Å². The lowest BCUT2D eigenvalue weighted by atomic mass is 9.91. The van der Waals surface area contributed by atoms with E-state index in [-0.39, 0.29) is 5.41 Å². The molecule has 0 aliphatic heterocycles. The number of methoxy groups -OCH3 is 1. The lowest BCUT2D eigenvalue weighted by Gasteiger charge is -2.22. The summed E-state index contributed by atoms with van der Waals surface area (Å²) in [6, 6.07) is 7.06. The molecular formula is C16H25NO. The molecule has 0 spiro atoms. The second-order valence-corrected chi connectivity index (χ2v) is 6.00. The zero-order valence-electron chi connectivity index (χ0n) is 12.2. The number of hydrogen-bond acceptors (Lipinski definition) is 2. The van der Waals surface area contributed by atoms with E-state index in [9.17, 15) is 0 Å². The van der Waals surface area contributed by atoms with Crippen molar-refractivity contribution in [3.8, 4) is 5.75 Å². The van der Waals surface area contributed by atoms with Crippen LogP contribution in [0.5, 0.6) is 5.75 Å². The van der Waals surface area contributed by atoms with E-state index in [0.717, 1.165) is 18.2 Å². The van der Waals surface area contributed by atoms with Crippen LogP contribution in [-0.4, -0.2) is 19.7 Å². The molecule has 1 aromatic rings. The zero-order chi connectivity index (χ0) is 13.3. The Morgan fingerprint density at radius 2 is 2.11 bits per heavy atom. The van der Waals surface area contributed by atoms with Gasteiger partial charge in [0.15, 0.2) is 0 Å². The summed E-state index contributed by atoms with van der Waals surface area (Å²) in [5.74, 6) is 1.77. The van der Waals surface area contributed by atoms with Crippen LogP contribution >= 0.6 is 0 Å². The number of aryl methyl sites for hydroxylation is 1. The van der Waals surface area contributed by atoms with Crippen molar-refractivity contribution < 1.29 is 4.74 Å². The summed E-state index contributed by atoms with van der Waals surface area (Å²) >= 11 is 0. The first-order valence-corrected chi connectivity index (χ1v) is 6.88. The average molecular weight is 247 g/mol. The van der Waals surface area contributed by atoms with E-state index >= 15 is 0 Å². The van der Waals surface area contributed by atoms with Gasteiger partial charge >= 0.3 is 0 Å². The van der Waals surface area contributed by atoms with Crippen molar-refractivity contribution in [1.82, 2.24) is 5.32 Å². The van der Waals surface area contributed by atoms with Gasteiger partial charge in [-0.3, -0.25) is 0 Å². The summed E-state index contributed by atoms with van der Waals surface area (Å²) in [6.07, 6.45) is 1.26. The van der Waals surface area contributed by atoms with E-state index in [1.807, 2.05) is 0 Å². The fraction of sp³-hybridized carbons (Fsp3) is 0.625. The molecule has 0 radical (unpaired) electrons. The van der Waals surface area contributed by atoms with Crippen molar-refractivity contribution in [2.24, 2.45) is 5.92 Å². The van der Waals surface area contributed by atoms with Crippen LogP contribution in [0.2, 0.25) is 0 Å². The highest BCUT2D eigenvalue weighted by Gasteiger charge is 2.53. The van der Waals surface area contributed by atoms with Gasteiger partial charge in [-0.2, -0.15) is 0 Å². The molecule has 0 heterocycles. The first kappa shape index (κ1) is 13.4. The van der Waals surface area contributed by atoms with Gasteiger partial charge in [-0.1, -0.05) is 38.5 Å². The van der Waals surface area contributed by atoms with Crippen LogP contribution in [0.4, 0.5) is 0 Å². The highest BCUT2D eigenvalue weighted by atomic mass is 16.5. The molecule has 1 aliphatic carbocycles. The van der Waals surface area contributed by atoms with E-state index < -0.39 is 0 Å². The van der Waals surface area contributed by atoms with Gasteiger partial charge in [0.05, 0.1) is 7.11 Å². The topological polar surface area (TPSA) is 21.3 Å². The predicted octanol–water partition coefficient (Wildman–Crippen LogP) is 3.28. The van der Waals surface area contributed by atoms with Crippen molar-refractivity contribution in [3.05, 3.63) is 29.3 Å². The highest BCUT2D eigenvalue weighted by Crippen LogP contribution is 2.56. The van der Waals surface area contributed by atoms with Gasteiger partial charge in [0.25, 0.3) is 0 Å². The molecule has 0 saturated heterocycles. The van der Waals surface area contributed by atoms with Crippen molar-refractivity contribution in [2.45, 2.75) is 45.6 Å². The number of ether oxygens (including phenoxy) is 1. The van der Waals surface area contributed by atoms with Crippen molar-refractivity contribution in [2.75, 3.05) is 13.7 Å². The molecule has 0 aromatic heterocycles. The molecule has 2 heteroatoms. The van der Waals surface area contributed by atoms with Gasteiger partial charge in [0, 0.05) is 23.6 Å². The van der Waals surface area contributed by atoms with Crippen LogP contribution in [0.3, 0.4) is 0 Å². The summed E-state index contributed by atoms with van der Waals surface area (Å²) < 4.78 is 5.55. The Balaban J connectivity index is 2.30. The fourth-order valence-corrected chi connectivity index (χ4v) is 2.80. The Labute approximate surface area is 111 Å². The number of nitrogens with one attached hydrogen (secondary N) is 1. The normalized spacial score (nSPS) is 26.4. The minimum absolute atomic E-state index is 0.279. The summed E-state index contributed by atoms with van der Waals surface area (Å²) in [6.45, 7) is 9.94. The molecule has 2 rings (SSSR count). The molecule has 0 amide bonds. The maximum absolute atomic E-state index is 5.55. The van der Waals surface area contributed by atoms with Crippen LogP contribution in [0.1, 0.15) is 38.3 Å².